The molecule has 2 aromatic rings. The lowest BCUT2D eigenvalue weighted by Gasteiger charge is -2.29. The number of fused-ring (bicyclic) bond motifs is 2. The number of hydrogen-bond donors (Lipinski definition) is 2. The van der Waals surface area contributed by atoms with Crippen molar-refractivity contribution in [2.45, 2.75) is 43.8 Å². The lowest BCUT2D eigenvalue weighted by Crippen LogP contribution is -2.48. The van der Waals surface area contributed by atoms with Crippen LogP contribution in [0.2, 0.25) is 0 Å². The fraction of sp³-hybridized carbons (Fsp3) is 0.412. The van der Waals surface area contributed by atoms with Crippen LogP contribution >= 0.6 is 0 Å². The number of rotatable bonds is 3. The summed E-state index contributed by atoms with van der Waals surface area (Å²) in [7, 11) is 0. The predicted molar refractivity (Wildman–Crippen MR) is 84.0 cm³/mol. The number of nitrogens with one attached hydrogen (secondary N) is 2. The quantitative estimate of drug-likeness (QED) is 0.911. The molecular weight excluding hydrogens is 295 g/mol. The Hall–Kier alpha value is -2.21. The van der Waals surface area contributed by atoms with E-state index in [1.807, 2.05) is 0 Å². The van der Waals surface area contributed by atoms with E-state index in [0.29, 0.717) is 17.8 Å². The SMILES string of the molecule is O=C(NC1CC2CCC(C1)N2)c1cncn1-c1ccc(F)cc1. The van der Waals surface area contributed by atoms with Crippen LogP contribution in [0.5, 0.6) is 0 Å². The summed E-state index contributed by atoms with van der Waals surface area (Å²) in [5.41, 5.74) is 1.20. The highest BCUT2D eigenvalue weighted by Crippen LogP contribution is 2.27. The molecule has 2 N–H and O–H groups in total. The molecule has 120 valence electrons. The Morgan fingerprint density at radius 2 is 1.91 bits per heavy atom. The highest BCUT2D eigenvalue weighted by atomic mass is 19.1. The summed E-state index contributed by atoms with van der Waals surface area (Å²) in [4.78, 5) is 16.7. The van der Waals surface area contributed by atoms with Gasteiger partial charge in [0.1, 0.15) is 11.5 Å². The third kappa shape index (κ3) is 2.86. The molecule has 2 bridgehead atoms. The molecule has 0 saturated carbocycles. The number of nitrogens with zero attached hydrogens (tertiary/aromatic N) is 2. The fourth-order valence-corrected chi connectivity index (χ4v) is 3.70. The minimum Gasteiger partial charge on any atom is -0.348 e. The van der Waals surface area contributed by atoms with Crippen LogP contribution in [0.4, 0.5) is 4.39 Å². The smallest absolute Gasteiger partial charge is 0.270 e. The van der Waals surface area contributed by atoms with Gasteiger partial charge in [0, 0.05) is 23.8 Å². The van der Waals surface area contributed by atoms with Crippen molar-refractivity contribution >= 4 is 5.91 Å². The highest BCUT2D eigenvalue weighted by Gasteiger charge is 2.34. The van der Waals surface area contributed by atoms with Gasteiger partial charge in [-0.3, -0.25) is 9.36 Å². The Bertz CT molecular complexity index is 700. The second-order valence-electron chi connectivity index (χ2n) is 6.40. The van der Waals surface area contributed by atoms with Gasteiger partial charge in [0.15, 0.2) is 0 Å². The maximum absolute atomic E-state index is 13.1. The van der Waals surface area contributed by atoms with Gasteiger partial charge in [-0.2, -0.15) is 0 Å². The number of benzene rings is 1. The van der Waals surface area contributed by atoms with Gasteiger partial charge in [0.25, 0.3) is 5.91 Å². The van der Waals surface area contributed by atoms with Crippen LogP contribution in [0.25, 0.3) is 5.69 Å². The molecule has 0 spiro atoms. The predicted octanol–water partition coefficient (Wildman–Crippen LogP) is 2.02. The molecule has 2 unspecified atom stereocenters. The molecule has 2 atom stereocenters. The van der Waals surface area contributed by atoms with Crippen LogP contribution in [0.1, 0.15) is 36.2 Å². The van der Waals surface area contributed by atoms with Crippen LogP contribution in [-0.4, -0.2) is 33.6 Å². The van der Waals surface area contributed by atoms with E-state index < -0.39 is 0 Å². The number of amides is 1. The molecule has 1 aromatic carbocycles. The third-order valence-corrected chi connectivity index (χ3v) is 4.78. The van der Waals surface area contributed by atoms with Crippen molar-refractivity contribution in [3.05, 3.63) is 48.3 Å². The monoisotopic (exact) mass is 314 g/mol. The summed E-state index contributed by atoms with van der Waals surface area (Å²) in [6.07, 6.45) is 7.48. The topological polar surface area (TPSA) is 59.0 Å². The Kier molecular flexibility index (Phi) is 3.61. The van der Waals surface area contributed by atoms with E-state index in [2.05, 4.69) is 15.6 Å². The lowest BCUT2D eigenvalue weighted by molar-refractivity contribution is 0.0917. The van der Waals surface area contributed by atoms with Gasteiger partial charge >= 0.3 is 0 Å². The van der Waals surface area contributed by atoms with Gasteiger partial charge in [-0.1, -0.05) is 0 Å². The Morgan fingerprint density at radius 3 is 2.61 bits per heavy atom. The second-order valence-corrected chi connectivity index (χ2v) is 6.40. The first-order chi connectivity index (χ1) is 11.2. The number of piperidine rings is 1. The minimum absolute atomic E-state index is 0.127. The van der Waals surface area contributed by atoms with E-state index in [4.69, 9.17) is 0 Å². The van der Waals surface area contributed by atoms with Crippen molar-refractivity contribution in [1.82, 2.24) is 20.2 Å². The zero-order valence-corrected chi connectivity index (χ0v) is 12.7. The summed E-state index contributed by atoms with van der Waals surface area (Å²) in [6.45, 7) is 0. The standard InChI is InChI=1S/C17H19FN4O/c18-11-1-5-15(6-2-11)22-10-19-9-16(22)17(23)21-14-7-12-3-4-13(8-14)20-12/h1-2,5-6,9-10,12-14,20H,3-4,7-8H2,(H,21,23). The average Bonchev–Trinajstić information content (AvgIpc) is 3.15. The number of carbonyl (C=O) groups excluding carboxylic acids is 1. The summed E-state index contributed by atoms with van der Waals surface area (Å²) in [6, 6.07) is 7.29. The highest BCUT2D eigenvalue weighted by molar-refractivity contribution is 5.93. The number of carbonyl (C=O) groups is 1. The van der Waals surface area contributed by atoms with Crippen molar-refractivity contribution < 1.29 is 9.18 Å². The molecule has 0 aliphatic carbocycles. The molecule has 2 aliphatic rings. The summed E-state index contributed by atoms with van der Waals surface area (Å²) >= 11 is 0. The first-order valence-electron chi connectivity index (χ1n) is 8.04. The summed E-state index contributed by atoms with van der Waals surface area (Å²) in [5, 5.41) is 6.70. The molecule has 4 rings (SSSR count). The minimum atomic E-state index is -0.301. The first kappa shape index (κ1) is 14.4. The van der Waals surface area contributed by atoms with Crippen molar-refractivity contribution in [1.29, 1.82) is 0 Å². The van der Waals surface area contributed by atoms with E-state index in [9.17, 15) is 9.18 Å². The summed E-state index contributed by atoms with van der Waals surface area (Å²) in [5.74, 6) is -0.428. The first-order valence-corrected chi connectivity index (χ1v) is 8.04. The Balaban J connectivity index is 1.51. The Labute approximate surface area is 133 Å². The zero-order valence-electron chi connectivity index (χ0n) is 12.7. The maximum Gasteiger partial charge on any atom is 0.270 e. The van der Waals surface area contributed by atoms with Crippen molar-refractivity contribution in [3.63, 3.8) is 0 Å². The van der Waals surface area contributed by atoms with Crippen molar-refractivity contribution in [2.75, 3.05) is 0 Å². The maximum atomic E-state index is 13.1. The zero-order chi connectivity index (χ0) is 15.8. The van der Waals surface area contributed by atoms with E-state index in [1.54, 1.807) is 29.2 Å². The molecule has 23 heavy (non-hydrogen) atoms. The largest absolute Gasteiger partial charge is 0.348 e. The van der Waals surface area contributed by atoms with Crippen LogP contribution in [0, 0.1) is 5.82 Å². The normalized spacial score (nSPS) is 26.2. The van der Waals surface area contributed by atoms with Gasteiger partial charge in [0.2, 0.25) is 0 Å². The van der Waals surface area contributed by atoms with Crippen LogP contribution in [-0.2, 0) is 0 Å². The average molecular weight is 314 g/mol. The van der Waals surface area contributed by atoms with Gasteiger partial charge in [-0.25, -0.2) is 9.37 Å². The molecule has 5 nitrogen and oxygen atoms in total. The van der Waals surface area contributed by atoms with Crippen LogP contribution in [0.3, 0.4) is 0 Å². The van der Waals surface area contributed by atoms with Gasteiger partial charge < -0.3 is 10.6 Å². The second kappa shape index (κ2) is 5.77. The molecule has 3 heterocycles. The number of imidazole rings is 1. The van der Waals surface area contributed by atoms with Gasteiger partial charge in [-0.15, -0.1) is 0 Å². The molecule has 6 heteroatoms. The number of halogens is 1. The van der Waals surface area contributed by atoms with Gasteiger partial charge in [0.05, 0.1) is 12.5 Å². The van der Waals surface area contributed by atoms with E-state index in [-0.39, 0.29) is 17.8 Å². The molecule has 2 fully saturated rings. The molecule has 0 radical (unpaired) electrons. The molecular formula is C17H19FN4O. The third-order valence-electron chi connectivity index (χ3n) is 4.78. The molecule has 2 aliphatic heterocycles. The molecule has 1 aromatic heterocycles. The number of hydrogen-bond acceptors (Lipinski definition) is 3. The summed E-state index contributed by atoms with van der Waals surface area (Å²) < 4.78 is 14.8. The van der Waals surface area contributed by atoms with E-state index >= 15 is 0 Å². The fourth-order valence-electron chi connectivity index (χ4n) is 3.70. The van der Waals surface area contributed by atoms with Gasteiger partial charge in [-0.05, 0) is 49.9 Å². The lowest BCUT2D eigenvalue weighted by atomic mass is 10.00. The van der Waals surface area contributed by atoms with Crippen LogP contribution < -0.4 is 10.6 Å². The molecule has 1 amide bonds. The van der Waals surface area contributed by atoms with Crippen molar-refractivity contribution in [3.8, 4) is 5.69 Å². The molecule has 2 saturated heterocycles. The van der Waals surface area contributed by atoms with E-state index in [0.717, 1.165) is 18.5 Å². The van der Waals surface area contributed by atoms with Crippen molar-refractivity contribution in [2.24, 2.45) is 0 Å². The Morgan fingerprint density at radius 1 is 1.22 bits per heavy atom. The van der Waals surface area contributed by atoms with E-state index in [1.165, 1.54) is 25.0 Å². The number of aromatic nitrogens is 2. The van der Waals surface area contributed by atoms with Crippen LogP contribution in [0.15, 0.2) is 36.8 Å².